The summed E-state index contributed by atoms with van der Waals surface area (Å²) in [5.41, 5.74) is 0.294. The van der Waals surface area contributed by atoms with Crippen molar-refractivity contribution in [3.63, 3.8) is 0 Å². The van der Waals surface area contributed by atoms with Gasteiger partial charge in [0, 0.05) is 38.8 Å². The molecule has 0 aliphatic rings. The van der Waals surface area contributed by atoms with E-state index in [1.165, 1.54) is 45.7 Å². The summed E-state index contributed by atoms with van der Waals surface area (Å²) in [5.74, 6) is 8.53. The minimum Gasteiger partial charge on any atom is -0.394 e. The highest BCUT2D eigenvalue weighted by molar-refractivity contribution is 6.12. The zero-order chi connectivity index (χ0) is 22.7. The SMILES string of the molecule is CNC(=O)C(C)(C(=O)NO)N(C)C(=O)c1ccc(C#CC#CCC(CO)OC)cc1. The summed E-state index contributed by atoms with van der Waals surface area (Å²) in [6, 6.07) is 6.21. The monoisotopic (exact) mass is 415 g/mol. The van der Waals surface area contributed by atoms with Crippen molar-refractivity contribution in [1.82, 2.24) is 15.7 Å². The summed E-state index contributed by atoms with van der Waals surface area (Å²) in [4.78, 5) is 37.9. The average molecular weight is 415 g/mol. The topological polar surface area (TPSA) is 128 Å². The van der Waals surface area contributed by atoms with Gasteiger partial charge in [0.2, 0.25) is 0 Å². The fourth-order valence-corrected chi connectivity index (χ4v) is 2.39. The molecule has 1 aromatic rings. The number of aliphatic hydroxyl groups is 1. The summed E-state index contributed by atoms with van der Waals surface area (Å²) in [6.07, 6.45) is 0.00227. The first-order chi connectivity index (χ1) is 14.3. The van der Waals surface area contributed by atoms with Crippen molar-refractivity contribution in [2.45, 2.75) is 25.0 Å². The van der Waals surface area contributed by atoms with Crippen molar-refractivity contribution in [1.29, 1.82) is 0 Å². The van der Waals surface area contributed by atoms with Crippen molar-refractivity contribution in [2.75, 3.05) is 27.8 Å². The first-order valence-corrected chi connectivity index (χ1v) is 8.93. The molecule has 0 aliphatic heterocycles. The fraction of sp³-hybridized carbons (Fsp3) is 0.381. The Morgan fingerprint density at radius 3 is 2.33 bits per heavy atom. The number of rotatable bonds is 7. The molecule has 160 valence electrons. The number of carbonyl (C=O) groups excluding carboxylic acids is 3. The quantitative estimate of drug-likeness (QED) is 0.206. The molecule has 0 fully saturated rings. The van der Waals surface area contributed by atoms with Crippen LogP contribution < -0.4 is 10.8 Å². The Kier molecular flexibility index (Phi) is 9.53. The normalized spacial score (nSPS) is 12.7. The number of likely N-dealkylation sites (N-methyl/N-ethyl adjacent to an activating group) is 2. The van der Waals surface area contributed by atoms with Crippen LogP contribution in [0.5, 0.6) is 0 Å². The molecule has 1 rings (SSSR count). The molecule has 2 unspecified atom stereocenters. The Balaban J connectivity index is 2.96. The number of aliphatic hydroxyl groups excluding tert-OH is 1. The molecule has 0 saturated carbocycles. The number of nitrogens with zero attached hydrogens (tertiary/aromatic N) is 1. The number of carbonyl (C=O) groups is 3. The second-order valence-corrected chi connectivity index (χ2v) is 6.33. The fourth-order valence-electron chi connectivity index (χ4n) is 2.39. The van der Waals surface area contributed by atoms with E-state index in [2.05, 4.69) is 29.0 Å². The molecule has 9 nitrogen and oxygen atoms in total. The average Bonchev–Trinajstić information content (AvgIpc) is 2.79. The van der Waals surface area contributed by atoms with Crippen LogP contribution in [0.15, 0.2) is 24.3 Å². The second kappa shape index (κ2) is 11.6. The van der Waals surface area contributed by atoms with Gasteiger partial charge in [0.25, 0.3) is 17.7 Å². The lowest BCUT2D eigenvalue weighted by molar-refractivity contribution is -0.148. The number of hydrogen-bond acceptors (Lipinski definition) is 6. The van der Waals surface area contributed by atoms with Crippen molar-refractivity contribution >= 4 is 17.7 Å². The molecule has 0 aliphatic carbocycles. The number of ether oxygens (including phenoxy) is 1. The lowest BCUT2D eigenvalue weighted by atomic mass is 9.96. The summed E-state index contributed by atoms with van der Waals surface area (Å²) < 4.78 is 4.99. The summed E-state index contributed by atoms with van der Waals surface area (Å²) in [7, 11) is 4.09. The maximum atomic E-state index is 12.8. The minimum atomic E-state index is -1.96. The van der Waals surface area contributed by atoms with Crippen LogP contribution in [0.1, 0.15) is 29.3 Å². The molecular formula is C21H25N3O6. The maximum Gasteiger partial charge on any atom is 0.278 e. The molecule has 0 radical (unpaired) electrons. The van der Waals surface area contributed by atoms with E-state index in [1.807, 2.05) is 0 Å². The lowest BCUT2D eigenvalue weighted by Gasteiger charge is -2.34. The van der Waals surface area contributed by atoms with Gasteiger partial charge in [0.15, 0.2) is 5.54 Å². The highest BCUT2D eigenvalue weighted by Crippen LogP contribution is 2.18. The van der Waals surface area contributed by atoms with E-state index < -0.39 is 23.3 Å². The van der Waals surface area contributed by atoms with E-state index in [0.29, 0.717) is 12.0 Å². The van der Waals surface area contributed by atoms with Gasteiger partial charge in [-0.3, -0.25) is 19.6 Å². The third-order valence-electron chi connectivity index (χ3n) is 4.54. The van der Waals surface area contributed by atoms with E-state index in [0.717, 1.165) is 4.90 Å². The Labute approximate surface area is 175 Å². The molecule has 4 N–H and O–H groups in total. The highest BCUT2D eigenvalue weighted by atomic mass is 16.5. The van der Waals surface area contributed by atoms with Crippen LogP contribution in [0.3, 0.4) is 0 Å². The molecule has 0 saturated heterocycles. The van der Waals surface area contributed by atoms with Crippen LogP contribution in [0, 0.1) is 23.7 Å². The van der Waals surface area contributed by atoms with E-state index >= 15 is 0 Å². The second-order valence-electron chi connectivity index (χ2n) is 6.33. The zero-order valence-electron chi connectivity index (χ0n) is 17.3. The standard InChI is InChI=1S/C21H25N3O6/c1-21(19(27)22-2,20(28)23-29)24(3)18(26)16-12-10-15(11-13-16)8-6-5-7-9-17(14-25)30-4/h10-13,17,25,29H,9,14H2,1-4H3,(H,22,27)(H,23,28). The third kappa shape index (κ3) is 5.82. The number of hydroxylamine groups is 1. The van der Waals surface area contributed by atoms with Crippen molar-refractivity contribution in [3.8, 4) is 23.7 Å². The van der Waals surface area contributed by atoms with Gasteiger partial charge in [-0.05, 0) is 43.0 Å². The lowest BCUT2D eigenvalue weighted by Crippen LogP contribution is -2.64. The molecule has 9 heteroatoms. The van der Waals surface area contributed by atoms with Crippen LogP contribution in [0.4, 0.5) is 0 Å². The Bertz CT molecular complexity index is 869. The molecule has 0 heterocycles. The van der Waals surface area contributed by atoms with Gasteiger partial charge in [-0.15, -0.1) is 0 Å². The molecule has 30 heavy (non-hydrogen) atoms. The zero-order valence-corrected chi connectivity index (χ0v) is 17.3. The molecule has 3 amide bonds. The van der Waals surface area contributed by atoms with Gasteiger partial charge in [-0.2, -0.15) is 0 Å². The molecule has 0 spiro atoms. The predicted molar refractivity (Wildman–Crippen MR) is 108 cm³/mol. The number of nitrogens with one attached hydrogen (secondary N) is 2. The van der Waals surface area contributed by atoms with Crippen LogP contribution in [-0.4, -0.2) is 72.4 Å². The predicted octanol–water partition coefficient (Wildman–Crippen LogP) is -0.479. The van der Waals surface area contributed by atoms with Crippen LogP contribution >= 0.6 is 0 Å². The van der Waals surface area contributed by atoms with E-state index in [1.54, 1.807) is 12.1 Å². The van der Waals surface area contributed by atoms with Gasteiger partial charge in [0.1, 0.15) is 0 Å². The summed E-state index contributed by atoms with van der Waals surface area (Å²) >= 11 is 0. The van der Waals surface area contributed by atoms with Crippen molar-refractivity contribution in [2.24, 2.45) is 0 Å². The molecule has 0 bridgehead atoms. The highest BCUT2D eigenvalue weighted by Gasteiger charge is 2.47. The van der Waals surface area contributed by atoms with Gasteiger partial charge >= 0.3 is 0 Å². The van der Waals surface area contributed by atoms with Gasteiger partial charge in [0.05, 0.1) is 12.7 Å². The Hall–Kier alpha value is -3.37. The smallest absolute Gasteiger partial charge is 0.278 e. The first-order valence-electron chi connectivity index (χ1n) is 8.93. The Morgan fingerprint density at radius 2 is 1.83 bits per heavy atom. The van der Waals surface area contributed by atoms with Crippen LogP contribution in [0.25, 0.3) is 0 Å². The maximum absolute atomic E-state index is 12.8. The van der Waals surface area contributed by atoms with Gasteiger partial charge in [-0.25, -0.2) is 5.48 Å². The number of amides is 3. The van der Waals surface area contributed by atoms with E-state index in [9.17, 15) is 14.4 Å². The van der Waals surface area contributed by atoms with Crippen LogP contribution in [0.2, 0.25) is 0 Å². The van der Waals surface area contributed by atoms with E-state index in [-0.39, 0.29) is 18.3 Å². The first kappa shape index (κ1) is 24.7. The number of methoxy groups -OCH3 is 1. The number of benzene rings is 1. The molecular weight excluding hydrogens is 390 g/mol. The van der Waals surface area contributed by atoms with Crippen molar-refractivity contribution in [3.05, 3.63) is 35.4 Å². The molecule has 2 atom stereocenters. The molecule has 1 aromatic carbocycles. The third-order valence-corrected chi connectivity index (χ3v) is 4.54. The summed E-state index contributed by atoms with van der Waals surface area (Å²) in [5, 5.41) is 20.3. The molecule has 0 aromatic heterocycles. The largest absolute Gasteiger partial charge is 0.394 e. The van der Waals surface area contributed by atoms with Crippen molar-refractivity contribution < 1.29 is 29.4 Å². The Morgan fingerprint density at radius 1 is 1.20 bits per heavy atom. The van der Waals surface area contributed by atoms with E-state index in [4.69, 9.17) is 15.1 Å². The van der Waals surface area contributed by atoms with Crippen LogP contribution in [-0.2, 0) is 14.3 Å². The number of hydrogen-bond donors (Lipinski definition) is 4. The van der Waals surface area contributed by atoms with Gasteiger partial charge < -0.3 is 20.1 Å². The van der Waals surface area contributed by atoms with Gasteiger partial charge in [-0.1, -0.05) is 11.8 Å². The summed E-state index contributed by atoms with van der Waals surface area (Å²) in [6.45, 7) is 1.10. The minimum absolute atomic E-state index is 0.124.